The number of hydrogen-bond acceptors (Lipinski definition) is 8. The maximum absolute atomic E-state index is 13.4. The second-order valence-electron chi connectivity index (χ2n) is 10.5. The average molecular weight is 520 g/mol. The van der Waals surface area contributed by atoms with Gasteiger partial charge in [0.1, 0.15) is 5.75 Å². The van der Waals surface area contributed by atoms with E-state index in [0.29, 0.717) is 6.61 Å². The number of aryl methyl sites for hydroxylation is 1. The molecule has 8 heteroatoms. The molecule has 2 aromatic heterocycles. The normalized spacial score (nSPS) is 14.0. The fourth-order valence-electron chi connectivity index (χ4n) is 4.90. The Bertz CT molecular complexity index is 1490. The van der Waals surface area contributed by atoms with Gasteiger partial charge >= 0.3 is 5.97 Å². The number of nitrogens with zero attached hydrogens (tertiary/aromatic N) is 3. The Morgan fingerprint density at radius 1 is 1.24 bits per heavy atom. The van der Waals surface area contributed by atoms with Crippen LogP contribution in [-0.4, -0.2) is 48.8 Å². The summed E-state index contributed by atoms with van der Waals surface area (Å²) in [5.41, 5.74) is 5.89. The van der Waals surface area contributed by atoms with E-state index in [1.165, 1.54) is 5.56 Å². The molecule has 0 saturated heterocycles. The molecule has 2 aromatic carbocycles. The number of esters is 1. The highest BCUT2D eigenvalue weighted by atomic mass is 32.1. The van der Waals surface area contributed by atoms with Crippen LogP contribution in [0, 0.1) is 6.92 Å². The van der Waals surface area contributed by atoms with Crippen molar-refractivity contribution in [3.63, 3.8) is 0 Å². The van der Waals surface area contributed by atoms with E-state index >= 15 is 0 Å². The summed E-state index contributed by atoms with van der Waals surface area (Å²) in [6, 6.07) is 8.16. The van der Waals surface area contributed by atoms with E-state index in [1.807, 2.05) is 78.0 Å². The highest BCUT2D eigenvalue weighted by molar-refractivity contribution is 7.22. The number of thiazole rings is 1. The van der Waals surface area contributed by atoms with Gasteiger partial charge in [0.15, 0.2) is 11.2 Å². The van der Waals surface area contributed by atoms with Crippen molar-refractivity contribution in [2.45, 2.75) is 52.7 Å². The Kier molecular flexibility index (Phi) is 6.58. The monoisotopic (exact) mass is 519 g/mol. The molecule has 1 aliphatic rings. The van der Waals surface area contributed by atoms with Crippen molar-refractivity contribution in [1.82, 2.24) is 9.97 Å². The number of benzene rings is 2. The third kappa shape index (κ3) is 4.64. The molecule has 37 heavy (non-hydrogen) atoms. The second-order valence-corrected chi connectivity index (χ2v) is 11.5. The summed E-state index contributed by atoms with van der Waals surface area (Å²) >= 11 is 1.59. The fourth-order valence-corrected chi connectivity index (χ4v) is 5.94. The van der Waals surface area contributed by atoms with Gasteiger partial charge in [-0.1, -0.05) is 11.3 Å². The Morgan fingerprint density at radius 2 is 2.03 bits per heavy atom. The minimum atomic E-state index is -0.911. The van der Waals surface area contributed by atoms with Crippen molar-refractivity contribution in [2.24, 2.45) is 0 Å². The van der Waals surface area contributed by atoms with E-state index < -0.39 is 17.7 Å². The number of rotatable bonds is 6. The summed E-state index contributed by atoms with van der Waals surface area (Å²) < 4.78 is 18.9. The van der Waals surface area contributed by atoms with Crippen molar-refractivity contribution < 1.29 is 19.0 Å². The maximum atomic E-state index is 13.4. The second kappa shape index (κ2) is 9.58. The molecule has 3 heterocycles. The van der Waals surface area contributed by atoms with Crippen molar-refractivity contribution in [2.75, 3.05) is 32.2 Å². The topological polar surface area (TPSA) is 73.8 Å². The quantitative estimate of drug-likeness (QED) is 0.279. The van der Waals surface area contributed by atoms with Crippen LogP contribution in [0.25, 0.3) is 32.2 Å². The molecule has 0 amide bonds. The van der Waals surface area contributed by atoms with Crippen LogP contribution in [0.3, 0.4) is 0 Å². The highest BCUT2D eigenvalue weighted by Crippen LogP contribution is 2.47. The fraction of sp³-hybridized carbons (Fsp3) is 0.414. The summed E-state index contributed by atoms with van der Waals surface area (Å²) in [5.74, 6) is 0.433. The van der Waals surface area contributed by atoms with Gasteiger partial charge in [0, 0.05) is 48.8 Å². The third-order valence-corrected chi connectivity index (χ3v) is 7.63. The van der Waals surface area contributed by atoms with E-state index in [9.17, 15) is 4.79 Å². The molecule has 0 spiro atoms. The van der Waals surface area contributed by atoms with Gasteiger partial charge in [0.2, 0.25) is 0 Å². The summed E-state index contributed by atoms with van der Waals surface area (Å²) in [6.45, 7) is 10.6. The lowest BCUT2D eigenvalue weighted by Crippen LogP contribution is -2.29. The molecular formula is C29H33N3O4S. The Balaban J connectivity index is 1.89. The largest absolute Gasteiger partial charge is 0.493 e. The zero-order valence-corrected chi connectivity index (χ0v) is 23.3. The van der Waals surface area contributed by atoms with Crippen molar-refractivity contribution in [3.05, 3.63) is 47.2 Å². The number of pyridine rings is 1. The Hall–Kier alpha value is -3.23. The average Bonchev–Trinajstić information content (AvgIpc) is 3.26. The number of carbonyl (C=O) groups excluding carboxylic acids is 1. The number of anilines is 1. The van der Waals surface area contributed by atoms with Gasteiger partial charge < -0.3 is 19.1 Å². The molecule has 0 fully saturated rings. The van der Waals surface area contributed by atoms with Crippen LogP contribution >= 0.6 is 11.3 Å². The van der Waals surface area contributed by atoms with E-state index in [4.69, 9.17) is 24.2 Å². The van der Waals surface area contributed by atoms with Crippen LogP contribution in [0.15, 0.2) is 30.5 Å². The predicted octanol–water partition coefficient (Wildman–Crippen LogP) is 6.24. The Morgan fingerprint density at radius 3 is 2.73 bits per heavy atom. The first kappa shape index (κ1) is 25.4. The lowest BCUT2D eigenvalue weighted by Gasteiger charge is -2.29. The van der Waals surface area contributed by atoms with Crippen molar-refractivity contribution in [3.8, 4) is 16.9 Å². The van der Waals surface area contributed by atoms with Crippen molar-refractivity contribution in [1.29, 1.82) is 0 Å². The molecule has 0 radical (unpaired) electrons. The zero-order chi connectivity index (χ0) is 26.5. The summed E-state index contributed by atoms with van der Waals surface area (Å²) in [4.78, 5) is 25.2. The molecule has 0 aliphatic carbocycles. The number of fused-ring (bicyclic) bond motifs is 1. The molecule has 0 saturated carbocycles. The highest BCUT2D eigenvalue weighted by Gasteiger charge is 2.34. The molecule has 0 N–H and O–H groups in total. The first-order valence-electron chi connectivity index (χ1n) is 12.6. The van der Waals surface area contributed by atoms with E-state index in [-0.39, 0.29) is 6.61 Å². The number of ether oxygens (including phenoxy) is 3. The van der Waals surface area contributed by atoms with Crippen LogP contribution in [0.1, 0.15) is 50.5 Å². The first-order chi connectivity index (χ1) is 17.6. The minimum absolute atomic E-state index is 0.269. The summed E-state index contributed by atoms with van der Waals surface area (Å²) in [5, 5.41) is 1.91. The number of carbonyl (C=O) groups is 1. The SMILES string of the molecule is CCOC(=O)[C@@H](OC(C)(C)C)c1c(C)cc2nc(N(C)C)sc2c1-c1ccc2c3c(ccnc13)CCO2. The number of hydrogen-bond donors (Lipinski definition) is 0. The molecule has 5 rings (SSSR count). The maximum Gasteiger partial charge on any atom is 0.339 e. The molecule has 0 unspecified atom stereocenters. The van der Waals surface area contributed by atoms with Gasteiger partial charge in [-0.15, -0.1) is 0 Å². The summed E-state index contributed by atoms with van der Waals surface area (Å²) in [6.07, 6.45) is 1.77. The van der Waals surface area contributed by atoms with Gasteiger partial charge in [-0.2, -0.15) is 0 Å². The molecule has 0 bridgehead atoms. The van der Waals surface area contributed by atoms with Crippen LogP contribution in [0.5, 0.6) is 5.75 Å². The van der Waals surface area contributed by atoms with E-state index in [2.05, 4.69) is 6.07 Å². The molecule has 7 nitrogen and oxygen atoms in total. The van der Waals surface area contributed by atoms with Gasteiger partial charge in [-0.3, -0.25) is 4.98 Å². The smallest absolute Gasteiger partial charge is 0.339 e. The lowest BCUT2D eigenvalue weighted by molar-refractivity contribution is -0.166. The minimum Gasteiger partial charge on any atom is -0.493 e. The number of aromatic nitrogens is 2. The standard InChI is InChI=1S/C29H33N3O4S/c1-8-34-27(33)25(36-29(3,4)5)21-16(2)15-19-26(37-28(31-19)32(6)7)23(21)18-9-10-20-22-17(12-14-35-20)11-13-30-24(18)22/h9-11,13,15,25H,8,12,14H2,1-7H3/t25-/m0/s1. The molecule has 1 aliphatic heterocycles. The molecule has 194 valence electrons. The van der Waals surface area contributed by atoms with Gasteiger partial charge in [-0.05, 0) is 70.0 Å². The Labute approximate surface area is 221 Å². The molecule has 4 aromatic rings. The van der Waals surface area contributed by atoms with Crippen LogP contribution < -0.4 is 9.64 Å². The van der Waals surface area contributed by atoms with Crippen LogP contribution in [0.2, 0.25) is 0 Å². The van der Waals surface area contributed by atoms with Crippen molar-refractivity contribution >= 4 is 43.6 Å². The first-order valence-corrected chi connectivity index (χ1v) is 13.4. The van der Waals surface area contributed by atoms with Gasteiger partial charge in [-0.25, -0.2) is 9.78 Å². The molecular weight excluding hydrogens is 486 g/mol. The molecule has 1 atom stereocenters. The van der Waals surface area contributed by atoms with Crippen LogP contribution in [-0.2, 0) is 20.7 Å². The predicted molar refractivity (Wildman–Crippen MR) is 149 cm³/mol. The summed E-state index contributed by atoms with van der Waals surface area (Å²) in [7, 11) is 3.97. The zero-order valence-electron chi connectivity index (χ0n) is 22.5. The lowest BCUT2D eigenvalue weighted by atomic mass is 9.89. The van der Waals surface area contributed by atoms with Gasteiger partial charge in [0.05, 0.1) is 34.5 Å². The van der Waals surface area contributed by atoms with Gasteiger partial charge in [0.25, 0.3) is 0 Å². The third-order valence-electron chi connectivity index (χ3n) is 6.37. The van der Waals surface area contributed by atoms with Crippen LogP contribution in [0.4, 0.5) is 5.13 Å². The van der Waals surface area contributed by atoms with E-state index in [0.717, 1.165) is 60.7 Å². The van der Waals surface area contributed by atoms with E-state index in [1.54, 1.807) is 11.3 Å².